The van der Waals surface area contributed by atoms with E-state index in [2.05, 4.69) is 20.4 Å². The van der Waals surface area contributed by atoms with E-state index < -0.39 is 37.9 Å². The van der Waals surface area contributed by atoms with Gasteiger partial charge in [0.2, 0.25) is 5.91 Å². The number of aliphatic imine (C=N–C) groups is 1. The number of aromatic nitrogens is 3. The average molecular weight is 708 g/mol. The molecule has 11 nitrogen and oxygen atoms in total. The second kappa shape index (κ2) is 13.0. The summed E-state index contributed by atoms with van der Waals surface area (Å²) in [5, 5.41) is 6.54. The molecule has 0 spiro atoms. The molecule has 1 aliphatic heterocycles. The molecule has 1 fully saturated rings. The smallest absolute Gasteiger partial charge is 0.375 e. The number of nitrogens with one attached hydrogen (secondary N) is 1. The van der Waals surface area contributed by atoms with Gasteiger partial charge in [-0.15, -0.1) is 5.10 Å². The predicted octanol–water partition coefficient (Wildman–Crippen LogP) is 6.36. The molecule has 48 heavy (non-hydrogen) atoms. The largest absolute Gasteiger partial charge is 0.501 e. The molecule has 0 bridgehead atoms. The maximum Gasteiger partial charge on any atom is 0.501 e. The summed E-state index contributed by atoms with van der Waals surface area (Å²) in [6.07, 6.45) is 1.20. The Morgan fingerprint density at radius 2 is 1.73 bits per heavy atom. The first-order chi connectivity index (χ1) is 22.5. The van der Waals surface area contributed by atoms with Crippen molar-refractivity contribution in [2.24, 2.45) is 4.99 Å². The van der Waals surface area contributed by atoms with Gasteiger partial charge in [0.05, 0.1) is 33.4 Å². The maximum absolute atomic E-state index is 15.1. The van der Waals surface area contributed by atoms with Crippen LogP contribution in [0.5, 0.6) is 0 Å². The minimum absolute atomic E-state index is 0.0160. The SMILES string of the molecule is CC(C)c1cc(F)c(N(C)C)cc1N1C(=O)CS/C1=N\C(=O)Nc1ccc(-c2ncn(-c3ccc(S(=O)(=O)C(F)(F)F)cc3)n2)cc1F. The third kappa shape index (κ3) is 6.75. The Bertz CT molecular complexity index is 2050. The van der Waals surface area contributed by atoms with Crippen LogP contribution in [0, 0.1) is 11.6 Å². The van der Waals surface area contributed by atoms with E-state index in [1.165, 1.54) is 35.5 Å². The van der Waals surface area contributed by atoms with Crippen molar-refractivity contribution >= 4 is 55.8 Å². The molecule has 0 aliphatic carbocycles. The monoisotopic (exact) mass is 707 g/mol. The summed E-state index contributed by atoms with van der Waals surface area (Å²) < 4.78 is 92.7. The topological polar surface area (TPSA) is 130 Å². The molecular formula is C30H26F5N7O4S2. The summed E-state index contributed by atoms with van der Waals surface area (Å²) in [4.78, 5) is 35.8. The summed E-state index contributed by atoms with van der Waals surface area (Å²) in [7, 11) is -2.22. The van der Waals surface area contributed by atoms with Crippen molar-refractivity contribution in [1.82, 2.24) is 14.8 Å². The number of hydrogen-bond acceptors (Lipinski definition) is 8. The van der Waals surface area contributed by atoms with Gasteiger partial charge in [0.1, 0.15) is 18.0 Å². The Morgan fingerprint density at radius 1 is 1.04 bits per heavy atom. The van der Waals surface area contributed by atoms with Gasteiger partial charge in [-0.25, -0.2) is 31.7 Å². The lowest BCUT2D eigenvalue weighted by molar-refractivity contribution is -0.115. The van der Waals surface area contributed by atoms with Gasteiger partial charge >= 0.3 is 11.5 Å². The first-order valence-corrected chi connectivity index (χ1v) is 16.4. The first-order valence-electron chi connectivity index (χ1n) is 14.0. The molecule has 0 radical (unpaired) electrons. The molecule has 1 aliphatic rings. The van der Waals surface area contributed by atoms with Crippen molar-refractivity contribution < 1.29 is 40.0 Å². The summed E-state index contributed by atoms with van der Waals surface area (Å²) in [6, 6.07) is 9.35. The minimum Gasteiger partial charge on any atom is -0.375 e. The van der Waals surface area contributed by atoms with Gasteiger partial charge in [-0.2, -0.15) is 18.2 Å². The summed E-state index contributed by atoms with van der Waals surface area (Å²) in [5.74, 6) is -1.88. The predicted molar refractivity (Wildman–Crippen MR) is 171 cm³/mol. The van der Waals surface area contributed by atoms with Crippen LogP contribution in [0.2, 0.25) is 0 Å². The number of hydrogen-bond donors (Lipinski definition) is 1. The standard InChI is InChI=1S/C30H26F5N7O4S2/c1-16(2)20-12-22(32)25(40(3)4)13-24(20)42-26(43)14-47-29(42)38-28(44)37-23-10-5-17(11-21(23)31)27-36-15-41(39-27)18-6-8-19(9-7-18)48(45,46)30(33,34)35/h5-13,15-16H,14H2,1-4H3,(H,37,44)/b38-29-. The zero-order chi connectivity index (χ0) is 35.1. The van der Waals surface area contributed by atoms with Gasteiger partial charge in [0.25, 0.3) is 9.84 Å². The number of sulfone groups is 1. The van der Waals surface area contributed by atoms with Gasteiger partial charge in [0, 0.05) is 19.7 Å². The number of rotatable bonds is 7. The second-order valence-corrected chi connectivity index (χ2v) is 13.8. The molecule has 1 saturated heterocycles. The van der Waals surface area contributed by atoms with Crippen molar-refractivity contribution in [2.45, 2.75) is 30.2 Å². The molecule has 3 amide bonds. The van der Waals surface area contributed by atoms with Crippen molar-refractivity contribution in [3.05, 3.63) is 78.1 Å². The third-order valence-corrected chi connectivity index (χ3v) is 9.51. The van der Waals surface area contributed by atoms with Crippen molar-refractivity contribution in [3.63, 3.8) is 0 Å². The molecule has 0 atom stereocenters. The minimum atomic E-state index is -5.52. The van der Waals surface area contributed by atoms with Crippen LogP contribution in [0.3, 0.4) is 0 Å². The van der Waals surface area contributed by atoms with Crippen molar-refractivity contribution in [3.8, 4) is 17.1 Å². The third-order valence-electron chi connectivity index (χ3n) is 7.08. The summed E-state index contributed by atoms with van der Waals surface area (Å²) in [6.45, 7) is 3.68. The fraction of sp³-hybridized carbons (Fsp3) is 0.233. The highest BCUT2D eigenvalue weighted by Gasteiger charge is 2.46. The van der Waals surface area contributed by atoms with E-state index in [0.717, 1.165) is 46.8 Å². The van der Waals surface area contributed by atoms with E-state index in [9.17, 15) is 35.6 Å². The first kappa shape index (κ1) is 34.5. The van der Waals surface area contributed by atoms with E-state index in [-0.39, 0.29) is 51.2 Å². The Kier molecular flexibility index (Phi) is 9.33. The number of benzene rings is 3. The molecule has 252 valence electrons. The van der Waals surface area contributed by atoms with Crippen LogP contribution >= 0.6 is 11.8 Å². The van der Waals surface area contributed by atoms with Crippen LogP contribution in [0.25, 0.3) is 17.1 Å². The zero-order valence-corrected chi connectivity index (χ0v) is 27.2. The van der Waals surface area contributed by atoms with E-state index in [1.807, 2.05) is 13.8 Å². The molecule has 2 heterocycles. The molecule has 1 N–H and O–H groups in total. The van der Waals surface area contributed by atoms with Gasteiger partial charge in [-0.1, -0.05) is 25.6 Å². The van der Waals surface area contributed by atoms with Crippen LogP contribution in [0.1, 0.15) is 25.3 Å². The Labute approximate surface area is 275 Å². The number of amides is 3. The van der Waals surface area contributed by atoms with Gasteiger partial charge in [-0.05, 0) is 66.1 Å². The van der Waals surface area contributed by atoms with Crippen molar-refractivity contribution in [2.75, 3.05) is 35.0 Å². The maximum atomic E-state index is 15.1. The number of thioether (sulfide) groups is 1. The van der Waals surface area contributed by atoms with Crippen LogP contribution in [0.15, 0.2) is 70.8 Å². The number of amidine groups is 1. The zero-order valence-electron chi connectivity index (χ0n) is 25.6. The molecule has 0 unspecified atom stereocenters. The van der Waals surface area contributed by atoms with Crippen LogP contribution < -0.4 is 15.1 Å². The number of nitrogens with zero attached hydrogens (tertiary/aromatic N) is 6. The number of carbonyl (C=O) groups excluding carboxylic acids is 2. The highest BCUT2D eigenvalue weighted by atomic mass is 32.2. The number of urea groups is 1. The number of carbonyl (C=O) groups is 2. The summed E-state index contributed by atoms with van der Waals surface area (Å²) in [5.41, 5.74) is -4.18. The van der Waals surface area contributed by atoms with Crippen molar-refractivity contribution in [1.29, 1.82) is 0 Å². The Hall–Kier alpha value is -4.84. The number of alkyl halides is 3. The lowest BCUT2D eigenvalue weighted by atomic mass is 9.99. The molecular weight excluding hydrogens is 681 g/mol. The van der Waals surface area contributed by atoms with E-state index in [4.69, 9.17) is 0 Å². The van der Waals surface area contributed by atoms with Gasteiger partial charge in [-0.3, -0.25) is 9.69 Å². The molecule has 3 aromatic carbocycles. The van der Waals surface area contributed by atoms with E-state index in [1.54, 1.807) is 19.0 Å². The highest BCUT2D eigenvalue weighted by molar-refractivity contribution is 8.15. The normalized spacial score (nSPS) is 14.7. The van der Waals surface area contributed by atoms with Crippen LogP contribution in [0.4, 0.5) is 43.8 Å². The molecule has 1 aromatic heterocycles. The summed E-state index contributed by atoms with van der Waals surface area (Å²) >= 11 is 1.00. The number of halogens is 5. The lowest BCUT2D eigenvalue weighted by Gasteiger charge is -2.24. The van der Waals surface area contributed by atoms with Gasteiger partial charge < -0.3 is 10.2 Å². The van der Waals surface area contributed by atoms with E-state index >= 15 is 4.39 Å². The van der Waals surface area contributed by atoms with E-state index in [0.29, 0.717) is 11.3 Å². The molecule has 5 rings (SSSR count). The molecule has 4 aromatic rings. The van der Waals surface area contributed by atoms with Crippen LogP contribution in [-0.4, -0.2) is 65.6 Å². The quantitative estimate of drug-likeness (QED) is 0.220. The lowest BCUT2D eigenvalue weighted by Crippen LogP contribution is -2.31. The average Bonchev–Trinajstić information content (AvgIpc) is 3.64. The van der Waals surface area contributed by atoms with Crippen LogP contribution in [-0.2, 0) is 14.6 Å². The number of anilines is 3. The Morgan fingerprint density at radius 3 is 2.33 bits per heavy atom. The fourth-order valence-electron chi connectivity index (χ4n) is 4.66. The highest BCUT2D eigenvalue weighted by Crippen LogP contribution is 2.38. The van der Waals surface area contributed by atoms with Gasteiger partial charge in [0.15, 0.2) is 11.0 Å². The fourth-order valence-corrected chi connectivity index (χ4v) is 6.28. The molecule has 18 heteroatoms. The molecule has 0 saturated carbocycles. The Balaban J connectivity index is 1.34. The second-order valence-electron chi connectivity index (χ2n) is 10.9.